The SMILES string of the molecule is COc1ccc(-c2nc(NC3CCC(C)CC3)nc3nc[nH]c23)cc1. The molecule has 2 N–H and O–H groups in total. The van der Waals surface area contributed by atoms with E-state index in [1.165, 1.54) is 25.7 Å². The van der Waals surface area contributed by atoms with E-state index in [9.17, 15) is 0 Å². The van der Waals surface area contributed by atoms with E-state index in [0.29, 0.717) is 17.6 Å². The molecule has 0 aliphatic heterocycles. The number of methoxy groups -OCH3 is 1. The minimum absolute atomic E-state index is 0.441. The van der Waals surface area contributed by atoms with Crippen molar-refractivity contribution in [2.75, 3.05) is 12.4 Å². The van der Waals surface area contributed by atoms with Crippen molar-refractivity contribution in [2.24, 2.45) is 5.92 Å². The highest BCUT2D eigenvalue weighted by atomic mass is 16.5. The first-order chi connectivity index (χ1) is 12.2. The number of aromatic amines is 1. The molecule has 6 nitrogen and oxygen atoms in total. The topological polar surface area (TPSA) is 75.7 Å². The Morgan fingerprint density at radius 1 is 1.08 bits per heavy atom. The van der Waals surface area contributed by atoms with Crippen LogP contribution in [0, 0.1) is 5.92 Å². The third-order valence-electron chi connectivity index (χ3n) is 5.00. The minimum atomic E-state index is 0.441. The number of H-pyrrole nitrogens is 1. The number of ether oxygens (including phenoxy) is 1. The fourth-order valence-electron chi connectivity index (χ4n) is 3.44. The quantitative estimate of drug-likeness (QED) is 0.752. The van der Waals surface area contributed by atoms with Crippen LogP contribution in [0.1, 0.15) is 32.6 Å². The van der Waals surface area contributed by atoms with Crippen molar-refractivity contribution in [3.8, 4) is 17.0 Å². The van der Waals surface area contributed by atoms with E-state index in [1.54, 1.807) is 13.4 Å². The van der Waals surface area contributed by atoms with Crippen LogP contribution in [-0.4, -0.2) is 33.1 Å². The number of hydrogen-bond donors (Lipinski definition) is 2. The predicted molar refractivity (Wildman–Crippen MR) is 98.7 cm³/mol. The fraction of sp³-hybridized carbons (Fsp3) is 0.421. The van der Waals surface area contributed by atoms with E-state index >= 15 is 0 Å². The molecule has 1 saturated carbocycles. The third-order valence-corrected chi connectivity index (χ3v) is 5.00. The van der Waals surface area contributed by atoms with Crippen molar-refractivity contribution in [1.82, 2.24) is 19.9 Å². The Balaban J connectivity index is 1.67. The molecule has 0 bridgehead atoms. The largest absolute Gasteiger partial charge is 0.497 e. The number of imidazole rings is 1. The number of aromatic nitrogens is 4. The molecule has 1 aromatic carbocycles. The molecule has 3 aromatic rings. The van der Waals surface area contributed by atoms with E-state index in [4.69, 9.17) is 9.72 Å². The number of nitrogens with one attached hydrogen (secondary N) is 2. The molecule has 1 aliphatic rings. The molecule has 0 unspecified atom stereocenters. The van der Waals surface area contributed by atoms with Crippen LogP contribution in [0.25, 0.3) is 22.4 Å². The summed E-state index contributed by atoms with van der Waals surface area (Å²) in [7, 11) is 1.67. The summed E-state index contributed by atoms with van der Waals surface area (Å²) >= 11 is 0. The maximum atomic E-state index is 5.25. The van der Waals surface area contributed by atoms with Gasteiger partial charge in [0, 0.05) is 11.6 Å². The van der Waals surface area contributed by atoms with E-state index in [1.807, 2.05) is 24.3 Å². The summed E-state index contributed by atoms with van der Waals surface area (Å²) in [5.74, 6) is 2.31. The van der Waals surface area contributed by atoms with Gasteiger partial charge < -0.3 is 15.0 Å². The van der Waals surface area contributed by atoms with Crippen LogP contribution in [0.4, 0.5) is 5.95 Å². The Kier molecular flexibility index (Phi) is 4.26. The Labute approximate surface area is 147 Å². The lowest BCUT2D eigenvalue weighted by molar-refractivity contribution is 0.360. The molecule has 1 aliphatic carbocycles. The first-order valence-corrected chi connectivity index (χ1v) is 8.85. The summed E-state index contributed by atoms with van der Waals surface area (Å²) in [5, 5.41) is 3.52. The van der Waals surface area contributed by atoms with Crippen LogP contribution in [0.3, 0.4) is 0 Å². The Hall–Kier alpha value is -2.63. The summed E-state index contributed by atoms with van der Waals surface area (Å²) in [4.78, 5) is 16.8. The Bertz CT molecular complexity index is 850. The van der Waals surface area contributed by atoms with Gasteiger partial charge in [0.1, 0.15) is 17.0 Å². The molecule has 0 radical (unpaired) electrons. The molecular formula is C19H23N5O. The lowest BCUT2D eigenvalue weighted by atomic mass is 9.87. The molecule has 2 heterocycles. The normalized spacial score (nSPS) is 20.6. The van der Waals surface area contributed by atoms with E-state index in [-0.39, 0.29) is 0 Å². The van der Waals surface area contributed by atoms with Gasteiger partial charge in [0.25, 0.3) is 0 Å². The number of benzene rings is 1. The van der Waals surface area contributed by atoms with Crippen LogP contribution < -0.4 is 10.1 Å². The smallest absolute Gasteiger partial charge is 0.225 e. The summed E-state index contributed by atoms with van der Waals surface area (Å²) in [6.07, 6.45) is 6.52. The first kappa shape index (κ1) is 15.9. The zero-order chi connectivity index (χ0) is 17.2. The highest BCUT2D eigenvalue weighted by molar-refractivity contribution is 5.88. The summed E-state index contributed by atoms with van der Waals surface area (Å²) in [6, 6.07) is 8.34. The second-order valence-corrected chi connectivity index (χ2v) is 6.83. The highest BCUT2D eigenvalue weighted by Crippen LogP contribution is 2.29. The van der Waals surface area contributed by atoms with Crippen LogP contribution in [0.5, 0.6) is 5.75 Å². The number of rotatable bonds is 4. The Morgan fingerprint density at radius 3 is 2.56 bits per heavy atom. The number of hydrogen-bond acceptors (Lipinski definition) is 5. The van der Waals surface area contributed by atoms with Gasteiger partial charge in [-0.25, -0.2) is 9.97 Å². The van der Waals surface area contributed by atoms with Gasteiger partial charge in [-0.3, -0.25) is 0 Å². The molecule has 0 saturated heterocycles. The van der Waals surface area contributed by atoms with Gasteiger partial charge in [0.2, 0.25) is 5.95 Å². The average Bonchev–Trinajstić information content (AvgIpc) is 3.12. The van der Waals surface area contributed by atoms with Crippen LogP contribution in [0.15, 0.2) is 30.6 Å². The van der Waals surface area contributed by atoms with Gasteiger partial charge in [-0.15, -0.1) is 0 Å². The van der Waals surface area contributed by atoms with Gasteiger partial charge in [-0.05, 0) is 55.9 Å². The van der Waals surface area contributed by atoms with Crippen molar-refractivity contribution in [3.05, 3.63) is 30.6 Å². The maximum Gasteiger partial charge on any atom is 0.225 e. The molecular weight excluding hydrogens is 314 g/mol. The van der Waals surface area contributed by atoms with Crippen molar-refractivity contribution in [1.29, 1.82) is 0 Å². The molecule has 0 amide bonds. The number of nitrogens with zero attached hydrogens (tertiary/aromatic N) is 3. The lowest BCUT2D eigenvalue weighted by Gasteiger charge is -2.26. The molecule has 0 spiro atoms. The molecule has 1 fully saturated rings. The van der Waals surface area contributed by atoms with Crippen molar-refractivity contribution in [3.63, 3.8) is 0 Å². The van der Waals surface area contributed by atoms with Crippen molar-refractivity contribution >= 4 is 17.1 Å². The van der Waals surface area contributed by atoms with Gasteiger partial charge in [-0.1, -0.05) is 6.92 Å². The van der Waals surface area contributed by atoms with Gasteiger partial charge in [-0.2, -0.15) is 4.98 Å². The number of anilines is 1. The average molecular weight is 337 g/mol. The predicted octanol–water partition coefficient (Wildman–Crippen LogP) is 4.02. The molecule has 130 valence electrons. The summed E-state index contributed by atoms with van der Waals surface area (Å²) in [6.45, 7) is 2.32. The molecule has 6 heteroatoms. The minimum Gasteiger partial charge on any atom is -0.497 e. The molecule has 4 rings (SSSR count). The fourth-order valence-corrected chi connectivity index (χ4v) is 3.44. The maximum absolute atomic E-state index is 5.25. The van der Waals surface area contributed by atoms with E-state index in [2.05, 4.69) is 27.2 Å². The standard InChI is InChI=1S/C19H23N5O/c1-12-3-7-14(8-4-12)22-19-23-16(17-18(24-19)21-11-20-17)13-5-9-15(25-2)10-6-13/h5-6,9-12,14H,3-4,7-8H2,1-2H3,(H2,20,21,22,23,24). The third kappa shape index (κ3) is 3.29. The van der Waals surface area contributed by atoms with Gasteiger partial charge in [0.15, 0.2) is 5.65 Å². The summed E-state index contributed by atoms with van der Waals surface area (Å²) in [5.41, 5.74) is 3.41. The zero-order valence-electron chi connectivity index (χ0n) is 14.6. The van der Waals surface area contributed by atoms with E-state index < -0.39 is 0 Å². The molecule has 25 heavy (non-hydrogen) atoms. The monoisotopic (exact) mass is 337 g/mol. The van der Waals surface area contributed by atoms with E-state index in [0.717, 1.165) is 28.4 Å². The zero-order valence-corrected chi connectivity index (χ0v) is 14.6. The second kappa shape index (κ2) is 6.70. The van der Waals surface area contributed by atoms with Gasteiger partial charge >= 0.3 is 0 Å². The second-order valence-electron chi connectivity index (χ2n) is 6.83. The lowest BCUT2D eigenvalue weighted by Crippen LogP contribution is -2.26. The number of fused-ring (bicyclic) bond motifs is 1. The molecule has 0 atom stereocenters. The van der Waals surface area contributed by atoms with Crippen LogP contribution in [0.2, 0.25) is 0 Å². The van der Waals surface area contributed by atoms with Crippen molar-refractivity contribution < 1.29 is 4.74 Å². The highest BCUT2D eigenvalue weighted by Gasteiger charge is 2.20. The van der Waals surface area contributed by atoms with Gasteiger partial charge in [0.05, 0.1) is 13.4 Å². The molecule has 2 aromatic heterocycles. The van der Waals surface area contributed by atoms with Crippen LogP contribution in [-0.2, 0) is 0 Å². The summed E-state index contributed by atoms with van der Waals surface area (Å²) < 4.78 is 5.25. The van der Waals surface area contributed by atoms with Crippen LogP contribution >= 0.6 is 0 Å². The Morgan fingerprint density at radius 2 is 1.84 bits per heavy atom. The first-order valence-electron chi connectivity index (χ1n) is 8.85. The van der Waals surface area contributed by atoms with Crippen molar-refractivity contribution in [2.45, 2.75) is 38.6 Å².